The van der Waals surface area contributed by atoms with E-state index in [1.165, 1.54) is 5.56 Å². The van der Waals surface area contributed by atoms with Crippen molar-refractivity contribution in [3.8, 4) is 0 Å². The van der Waals surface area contributed by atoms with Crippen molar-refractivity contribution in [2.45, 2.75) is 39.7 Å². The van der Waals surface area contributed by atoms with E-state index in [0.29, 0.717) is 24.9 Å². The Morgan fingerprint density at radius 3 is 2.21 bits per heavy atom. The van der Waals surface area contributed by atoms with Crippen LogP contribution in [0.25, 0.3) is 0 Å². The molecule has 3 nitrogen and oxygen atoms in total. The van der Waals surface area contributed by atoms with Crippen LogP contribution in [0.3, 0.4) is 0 Å². The summed E-state index contributed by atoms with van der Waals surface area (Å²) in [5.74, 6) is 0.746. The number of hydrogen-bond acceptors (Lipinski definition) is 2. The molecule has 0 aromatic heterocycles. The number of nitrogens with one attached hydrogen (secondary N) is 2. The van der Waals surface area contributed by atoms with Crippen molar-refractivity contribution in [3.05, 3.63) is 35.4 Å². The second kappa shape index (κ2) is 7.95. The molecule has 0 spiro atoms. The second-order valence-corrected chi connectivity index (χ2v) is 5.59. The van der Waals surface area contributed by atoms with Gasteiger partial charge in [0.1, 0.15) is 0 Å². The van der Waals surface area contributed by atoms with Crippen molar-refractivity contribution in [2.75, 3.05) is 13.6 Å². The zero-order valence-electron chi connectivity index (χ0n) is 12.5. The summed E-state index contributed by atoms with van der Waals surface area (Å²) in [6.45, 7) is 7.14. The SMILES string of the molecule is CNC(C)CNC(=O)Cc1ccc(CC(C)C)cc1. The van der Waals surface area contributed by atoms with Gasteiger partial charge in [0.15, 0.2) is 0 Å². The van der Waals surface area contributed by atoms with Crippen LogP contribution in [0.5, 0.6) is 0 Å². The Balaban J connectivity index is 2.42. The molecule has 0 aliphatic rings. The molecule has 0 aliphatic heterocycles. The topological polar surface area (TPSA) is 41.1 Å². The molecule has 0 saturated heterocycles. The molecule has 0 fully saturated rings. The summed E-state index contributed by atoms with van der Waals surface area (Å²) in [5, 5.41) is 6.02. The van der Waals surface area contributed by atoms with E-state index >= 15 is 0 Å². The molecule has 0 heterocycles. The third-order valence-corrected chi connectivity index (χ3v) is 3.13. The van der Waals surface area contributed by atoms with E-state index < -0.39 is 0 Å². The van der Waals surface area contributed by atoms with Crippen LogP contribution in [0, 0.1) is 5.92 Å². The first-order chi connectivity index (χ1) is 9.01. The molecule has 2 N–H and O–H groups in total. The van der Waals surface area contributed by atoms with Crippen LogP contribution >= 0.6 is 0 Å². The van der Waals surface area contributed by atoms with Crippen molar-refractivity contribution in [3.63, 3.8) is 0 Å². The Bertz CT molecular complexity index is 384. The van der Waals surface area contributed by atoms with Gasteiger partial charge in [-0.25, -0.2) is 0 Å². The van der Waals surface area contributed by atoms with Gasteiger partial charge in [0, 0.05) is 12.6 Å². The van der Waals surface area contributed by atoms with Gasteiger partial charge >= 0.3 is 0 Å². The van der Waals surface area contributed by atoms with Gasteiger partial charge in [-0.2, -0.15) is 0 Å². The van der Waals surface area contributed by atoms with Crippen molar-refractivity contribution >= 4 is 5.91 Å². The molecular weight excluding hydrogens is 236 g/mol. The molecule has 0 radical (unpaired) electrons. The molecule has 1 rings (SSSR count). The van der Waals surface area contributed by atoms with Crippen molar-refractivity contribution in [1.82, 2.24) is 10.6 Å². The van der Waals surface area contributed by atoms with E-state index in [1.807, 2.05) is 14.0 Å². The van der Waals surface area contributed by atoms with E-state index in [9.17, 15) is 4.79 Å². The molecule has 0 saturated carbocycles. The van der Waals surface area contributed by atoms with Gasteiger partial charge < -0.3 is 10.6 Å². The number of hydrogen-bond donors (Lipinski definition) is 2. The third kappa shape index (κ3) is 6.39. The monoisotopic (exact) mass is 262 g/mol. The maximum atomic E-state index is 11.8. The number of carbonyl (C=O) groups excluding carboxylic acids is 1. The normalized spacial score (nSPS) is 12.5. The standard InChI is InChI=1S/C16H26N2O/c1-12(2)9-14-5-7-15(8-6-14)10-16(19)18-11-13(3)17-4/h5-8,12-13,17H,9-11H2,1-4H3,(H,18,19). The molecule has 19 heavy (non-hydrogen) atoms. The zero-order valence-corrected chi connectivity index (χ0v) is 12.5. The number of benzene rings is 1. The molecule has 0 aliphatic carbocycles. The van der Waals surface area contributed by atoms with Crippen LogP contribution in [0.4, 0.5) is 0 Å². The minimum Gasteiger partial charge on any atom is -0.354 e. The minimum atomic E-state index is 0.0821. The first-order valence-electron chi connectivity index (χ1n) is 7.03. The summed E-state index contributed by atoms with van der Waals surface area (Å²) >= 11 is 0. The predicted octanol–water partition coefficient (Wildman–Crippen LogP) is 2.15. The van der Waals surface area contributed by atoms with E-state index in [1.54, 1.807) is 0 Å². The Morgan fingerprint density at radius 2 is 1.68 bits per heavy atom. The van der Waals surface area contributed by atoms with Gasteiger partial charge in [0.05, 0.1) is 6.42 Å². The molecule has 1 unspecified atom stereocenters. The summed E-state index contributed by atoms with van der Waals surface area (Å²) in [6, 6.07) is 8.66. The minimum absolute atomic E-state index is 0.0821. The Labute approximate surface area is 116 Å². The van der Waals surface area contributed by atoms with E-state index in [-0.39, 0.29) is 5.91 Å². The van der Waals surface area contributed by atoms with Gasteiger partial charge in [-0.1, -0.05) is 38.1 Å². The Kier molecular flexibility index (Phi) is 6.57. The fourth-order valence-electron chi connectivity index (χ4n) is 1.88. The molecule has 3 heteroatoms. The third-order valence-electron chi connectivity index (χ3n) is 3.13. The van der Waals surface area contributed by atoms with E-state index in [0.717, 1.165) is 12.0 Å². The molecule has 0 bridgehead atoms. The molecule has 106 valence electrons. The van der Waals surface area contributed by atoms with Crippen LogP contribution in [0.1, 0.15) is 31.9 Å². The molecule has 1 aromatic carbocycles. The summed E-state index contributed by atoms with van der Waals surface area (Å²) in [4.78, 5) is 11.8. The lowest BCUT2D eigenvalue weighted by Gasteiger charge is -2.11. The molecule has 1 aromatic rings. The highest BCUT2D eigenvalue weighted by Crippen LogP contribution is 2.10. The lowest BCUT2D eigenvalue weighted by atomic mass is 10.0. The van der Waals surface area contributed by atoms with E-state index in [2.05, 4.69) is 48.7 Å². The first kappa shape index (κ1) is 15.7. The predicted molar refractivity (Wildman–Crippen MR) is 80.2 cm³/mol. The lowest BCUT2D eigenvalue weighted by molar-refractivity contribution is -0.120. The molecular formula is C16H26N2O. The van der Waals surface area contributed by atoms with E-state index in [4.69, 9.17) is 0 Å². The van der Waals surface area contributed by atoms with Gasteiger partial charge in [0.2, 0.25) is 5.91 Å². The summed E-state index contributed by atoms with van der Waals surface area (Å²) < 4.78 is 0. The fourth-order valence-corrected chi connectivity index (χ4v) is 1.88. The van der Waals surface area contributed by atoms with Crippen molar-refractivity contribution in [1.29, 1.82) is 0 Å². The highest BCUT2D eigenvalue weighted by atomic mass is 16.1. The smallest absolute Gasteiger partial charge is 0.224 e. The molecule has 1 atom stereocenters. The number of rotatable bonds is 7. The average molecular weight is 262 g/mol. The van der Waals surface area contributed by atoms with Crippen LogP contribution in [-0.2, 0) is 17.6 Å². The van der Waals surface area contributed by atoms with Crippen LogP contribution in [0.15, 0.2) is 24.3 Å². The Hall–Kier alpha value is -1.35. The number of amides is 1. The largest absolute Gasteiger partial charge is 0.354 e. The average Bonchev–Trinajstić information content (AvgIpc) is 2.37. The van der Waals surface area contributed by atoms with Crippen molar-refractivity contribution < 1.29 is 4.79 Å². The lowest BCUT2D eigenvalue weighted by Crippen LogP contribution is -2.37. The maximum absolute atomic E-state index is 11.8. The highest BCUT2D eigenvalue weighted by molar-refractivity contribution is 5.78. The highest BCUT2D eigenvalue weighted by Gasteiger charge is 2.05. The first-order valence-corrected chi connectivity index (χ1v) is 7.03. The van der Waals surface area contributed by atoms with Gasteiger partial charge in [0.25, 0.3) is 0 Å². The zero-order chi connectivity index (χ0) is 14.3. The summed E-state index contributed by atoms with van der Waals surface area (Å²) in [6.07, 6.45) is 1.55. The Morgan fingerprint density at radius 1 is 1.11 bits per heavy atom. The molecule has 1 amide bonds. The van der Waals surface area contributed by atoms with Gasteiger partial charge in [-0.15, -0.1) is 0 Å². The van der Waals surface area contributed by atoms with Crippen LogP contribution < -0.4 is 10.6 Å². The summed E-state index contributed by atoms with van der Waals surface area (Å²) in [5.41, 5.74) is 2.41. The maximum Gasteiger partial charge on any atom is 0.224 e. The van der Waals surface area contributed by atoms with Gasteiger partial charge in [-0.05, 0) is 37.4 Å². The second-order valence-electron chi connectivity index (χ2n) is 5.59. The quantitative estimate of drug-likeness (QED) is 0.790. The fraction of sp³-hybridized carbons (Fsp3) is 0.562. The van der Waals surface area contributed by atoms with Crippen LogP contribution in [0.2, 0.25) is 0 Å². The van der Waals surface area contributed by atoms with Gasteiger partial charge in [-0.3, -0.25) is 4.79 Å². The number of carbonyl (C=O) groups is 1. The van der Waals surface area contributed by atoms with Crippen LogP contribution in [-0.4, -0.2) is 25.5 Å². The summed E-state index contributed by atoms with van der Waals surface area (Å²) in [7, 11) is 1.89. The number of likely N-dealkylation sites (N-methyl/N-ethyl adjacent to an activating group) is 1. The van der Waals surface area contributed by atoms with Crippen molar-refractivity contribution in [2.24, 2.45) is 5.92 Å².